The summed E-state index contributed by atoms with van der Waals surface area (Å²) < 4.78 is 5.05. The van der Waals surface area contributed by atoms with Crippen LogP contribution in [0.5, 0.6) is 5.75 Å². The van der Waals surface area contributed by atoms with Gasteiger partial charge in [-0.05, 0) is 24.3 Å². The van der Waals surface area contributed by atoms with E-state index in [4.69, 9.17) is 4.74 Å². The molecule has 11 heavy (non-hydrogen) atoms. The van der Waals surface area contributed by atoms with Crippen LogP contribution in [0.3, 0.4) is 0 Å². The molecule has 0 fully saturated rings. The first kappa shape index (κ1) is 8.47. The Morgan fingerprint density at radius 3 is 2.00 bits per heavy atom. The van der Waals surface area contributed by atoms with Crippen molar-refractivity contribution in [1.29, 1.82) is 0 Å². The van der Waals surface area contributed by atoms with E-state index in [1.54, 1.807) is 7.11 Å². The van der Waals surface area contributed by atoms with Gasteiger partial charge in [0.2, 0.25) is 0 Å². The molecule has 60 valence electrons. The van der Waals surface area contributed by atoms with Gasteiger partial charge in [-0.1, -0.05) is 0 Å². The molecule has 0 aliphatic rings. The molecule has 0 spiro atoms. The molecular formula is C9H13OS+. The summed E-state index contributed by atoms with van der Waals surface area (Å²) in [6.45, 7) is 0. The number of hydrogen-bond acceptors (Lipinski definition) is 1. The molecule has 0 saturated carbocycles. The van der Waals surface area contributed by atoms with Crippen molar-refractivity contribution < 1.29 is 4.74 Å². The molecule has 0 aliphatic heterocycles. The first-order valence-corrected chi connectivity index (χ1v) is 5.50. The first-order chi connectivity index (χ1) is 5.24. The fourth-order valence-electron chi connectivity index (χ4n) is 0.848. The second-order valence-corrected chi connectivity index (χ2v) is 4.60. The minimum absolute atomic E-state index is 0.355. The molecule has 0 radical (unpaired) electrons. The maximum atomic E-state index is 5.05. The number of benzene rings is 1. The maximum absolute atomic E-state index is 5.05. The van der Waals surface area contributed by atoms with Crippen LogP contribution in [0.15, 0.2) is 29.2 Å². The molecule has 1 nitrogen and oxygen atoms in total. The van der Waals surface area contributed by atoms with Gasteiger partial charge in [0.25, 0.3) is 0 Å². The van der Waals surface area contributed by atoms with Crippen LogP contribution in [0.25, 0.3) is 0 Å². The van der Waals surface area contributed by atoms with Crippen molar-refractivity contribution in [2.75, 3.05) is 19.6 Å². The normalized spacial score (nSPS) is 10.2. The van der Waals surface area contributed by atoms with Gasteiger partial charge in [0.15, 0.2) is 4.90 Å². The molecule has 0 amide bonds. The van der Waals surface area contributed by atoms with Gasteiger partial charge in [0.1, 0.15) is 18.3 Å². The monoisotopic (exact) mass is 169 g/mol. The van der Waals surface area contributed by atoms with Crippen LogP contribution in [-0.2, 0) is 10.9 Å². The summed E-state index contributed by atoms with van der Waals surface area (Å²) >= 11 is 0. The van der Waals surface area contributed by atoms with Crippen molar-refractivity contribution in [2.24, 2.45) is 0 Å². The summed E-state index contributed by atoms with van der Waals surface area (Å²) in [5, 5.41) is 0. The zero-order chi connectivity index (χ0) is 8.27. The van der Waals surface area contributed by atoms with Crippen LogP contribution >= 0.6 is 0 Å². The molecule has 0 unspecified atom stereocenters. The highest BCUT2D eigenvalue weighted by Crippen LogP contribution is 2.14. The van der Waals surface area contributed by atoms with Gasteiger partial charge in [0, 0.05) is 10.9 Å². The predicted molar refractivity (Wildman–Crippen MR) is 50.5 cm³/mol. The summed E-state index contributed by atoms with van der Waals surface area (Å²) in [5.74, 6) is 0.930. The Morgan fingerprint density at radius 1 is 1.09 bits per heavy atom. The smallest absolute Gasteiger partial charge is 0.154 e. The largest absolute Gasteiger partial charge is 0.497 e. The van der Waals surface area contributed by atoms with Crippen LogP contribution in [0.1, 0.15) is 0 Å². The van der Waals surface area contributed by atoms with Gasteiger partial charge in [0.05, 0.1) is 7.11 Å². The van der Waals surface area contributed by atoms with E-state index in [1.807, 2.05) is 12.1 Å². The molecule has 0 aromatic heterocycles. The summed E-state index contributed by atoms with van der Waals surface area (Å²) in [5.41, 5.74) is 0. The molecule has 2 heteroatoms. The fourth-order valence-corrected chi connectivity index (χ4v) is 1.53. The predicted octanol–water partition coefficient (Wildman–Crippen LogP) is 1.93. The van der Waals surface area contributed by atoms with Crippen LogP contribution in [-0.4, -0.2) is 19.6 Å². The zero-order valence-electron chi connectivity index (χ0n) is 7.13. The molecule has 0 atom stereocenters. The van der Waals surface area contributed by atoms with Gasteiger partial charge in [-0.3, -0.25) is 0 Å². The summed E-state index contributed by atoms with van der Waals surface area (Å²) in [6, 6.07) is 8.23. The van der Waals surface area contributed by atoms with E-state index in [1.165, 1.54) is 4.90 Å². The SMILES string of the molecule is COc1ccc([S+](C)C)cc1. The topological polar surface area (TPSA) is 9.23 Å². The van der Waals surface area contributed by atoms with Crippen LogP contribution < -0.4 is 4.74 Å². The van der Waals surface area contributed by atoms with Crippen LogP contribution in [0, 0.1) is 0 Å². The highest BCUT2D eigenvalue weighted by Gasteiger charge is 2.06. The minimum atomic E-state index is 0.355. The summed E-state index contributed by atoms with van der Waals surface area (Å²) in [7, 11) is 2.04. The lowest BCUT2D eigenvalue weighted by Gasteiger charge is -1.99. The van der Waals surface area contributed by atoms with E-state index in [-0.39, 0.29) is 0 Å². The lowest BCUT2D eigenvalue weighted by atomic mass is 10.3. The highest BCUT2D eigenvalue weighted by molar-refractivity contribution is 7.95. The third kappa shape index (κ3) is 2.15. The van der Waals surface area contributed by atoms with Gasteiger partial charge >= 0.3 is 0 Å². The molecule has 0 saturated heterocycles. The average Bonchev–Trinajstić information content (AvgIpc) is 2.05. The Balaban J connectivity index is 2.83. The molecule has 0 aliphatic carbocycles. The Morgan fingerprint density at radius 2 is 1.64 bits per heavy atom. The van der Waals surface area contributed by atoms with Crippen molar-refractivity contribution in [3.63, 3.8) is 0 Å². The van der Waals surface area contributed by atoms with Gasteiger partial charge in [-0.25, -0.2) is 0 Å². The van der Waals surface area contributed by atoms with Crippen molar-refractivity contribution in [2.45, 2.75) is 4.90 Å². The zero-order valence-corrected chi connectivity index (χ0v) is 7.94. The van der Waals surface area contributed by atoms with Crippen molar-refractivity contribution in [3.05, 3.63) is 24.3 Å². The van der Waals surface area contributed by atoms with Crippen molar-refractivity contribution in [1.82, 2.24) is 0 Å². The number of rotatable bonds is 2. The molecular weight excluding hydrogens is 156 g/mol. The third-order valence-electron chi connectivity index (χ3n) is 1.53. The van der Waals surface area contributed by atoms with Crippen molar-refractivity contribution >= 4 is 10.9 Å². The van der Waals surface area contributed by atoms with Gasteiger partial charge in [-0.2, -0.15) is 0 Å². The van der Waals surface area contributed by atoms with E-state index in [0.29, 0.717) is 10.9 Å². The average molecular weight is 169 g/mol. The molecule has 1 rings (SSSR count). The van der Waals surface area contributed by atoms with E-state index in [2.05, 4.69) is 24.6 Å². The first-order valence-electron chi connectivity index (χ1n) is 3.45. The summed E-state index contributed by atoms with van der Waals surface area (Å²) in [6.07, 6.45) is 4.42. The molecule has 0 heterocycles. The van der Waals surface area contributed by atoms with E-state index in [9.17, 15) is 0 Å². The number of methoxy groups -OCH3 is 1. The second kappa shape index (κ2) is 3.67. The molecule has 0 bridgehead atoms. The Bertz CT molecular complexity index is 216. The molecule has 1 aromatic carbocycles. The van der Waals surface area contributed by atoms with E-state index in [0.717, 1.165) is 5.75 Å². The van der Waals surface area contributed by atoms with E-state index < -0.39 is 0 Å². The highest BCUT2D eigenvalue weighted by atomic mass is 32.2. The lowest BCUT2D eigenvalue weighted by Crippen LogP contribution is -1.94. The minimum Gasteiger partial charge on any atom is -0.497 e. The molecule has 1 aromatic rings. The number of ether oxygens (including phenoxy) is 1. The summed E-state index contributed by atoms with van der Waals surface area (Å²) in [4.78, 5) is 1.38. The van der Waals surface area contributed by atoms with Gasteiger partial charge < -0.3 is 4.74 Å². The quantitative estimate of drug-likeness (QED) is 0.615. The Kier molecular flexibility index (Phi) is 2.83. The van der Waals surface area contributed by atoms with Crippen LogP contribution in [0.4, 0.5) is 0 Å². The Hall–Kier alpha value is -0.630. The maximum Gasteiger partial charge on any atom is 0.154 e. The second-order valence-electron chi connectivity index (χ2n) is 2.49. The van der Waals surface area contributed by atoms with E-state index >= 15 is 0 Å². The fraction of sp³-hybridized carbons (Fsp3) is 0.333. The lowest BCUT2D eigenvalue weighted by molar-refractivity contribution is 0.414. The molecule has 0 N–H and O–H groups in total. The standard InChI is InChI=1S/C9H13OS/c1-10-8-4-6-9(7-5-8)11(2)3/h4-7H,1-3H3/q+1. The van der Waals surface area contributed by atoms with Gasteiger partial charge in [-0.15, -0.1) is 0 Å². The Labute approximate surface area is 70.7 Å². The van der Waals surface area contributed by atoms with Crippen molar-refractivity contribution in [3.8, 4) is 5.75 Å². The number of hydrogen-bond donors (Lipinski definition) is 0. The third-order valence-corrected chi connectivity index (χ3v) is 2.75. The van der Waals surface area contributed by atoms with Crippen LogP contribution in [0.2, 0.25) is 0 Å².